The summed E-state index contributed by atoms with van der Waals surface area (Å²) in [6, 6.07) is 2.80. The highest BCUT2D eigenvalue weighted by molar-refractivity contribution is 6.31. The predicted octanol–water partition coefficient (Wildman–Crippen LogP) is 2.60. The van der Waals surface area contributed by atoms with Crippen LogP contribution in [0, 0.1) is 0 Å². The van der Waals surface area contributed by atoms with Crippen LogP contribution in [-0.2, 0) is 11.3 Å². The maximum absolute atomic E-state index is 6.25. The van der Waals surface area contributed by atoms with Crippen molar-refractivity contribution in [1.29, 1.82) is 0 Å². The summed E-state index contributed by atoms with van der Waals surface area (Å²) in [6.45, 7) is 6.81. The van der Waals surface area contributed by atoms with Gasteiger partial charge in [-0.25, -0.2) is 4.98 Å². The van der Waals surface area contributed by atoms with Gasteiger partial charge in [-0.3, -0.25) is 0 Å². The Labute approximate surface area is 125 Å². The Balaban J connectivity index is 1.73. The van der Waals surface area contributed by atoms with E-state index in [0.29, 0.717) is 6.04 Å². The second kappa shape index (κ2) is 5.88. The second-order valence-corrected chi connectivity index (χ2v) is 6.36. The summed E-state index contributed by atoms with van der Waals surface area (Å²) >= 11 is 6.25. The molecule has 0 spiro atoms. The van der Waals surface area contributed by atoms with Crippen molar-refractivity contribution < 1.29 is 4.74 Å². The first-order valence-corrected chi connectivity index (χ1v) is 7.78. The average molecular weight is 296 g/mol. The molecule has 1 N–H and O–H groups in total. The number of nitrogens with zero attached hydrogens (tertiary/aromatic N) is 2. The van der Waals surface area contributed by atoms with E-state index < -0.39 is 0 Å². The topological polar surface area (TPSA) is 37.4 Å². The van der Waals surface area contributed by atoms with Gasteiger partial charge in [0, 0.05) is 31.9 Å². The Hall–Kier alpha value is -0.840. The summed E-state index contributed by atoms with van der Waals surface area (Å²) < 4.78 is 5.77. The SMILES string of the molecule is CC1CN(c2cc(CNC3CC3)c(Cl)cn2)CC(C)O1. The fourth-order valence-corrected chi connectivity index (χ4v) is 2.85. The Kier molecular flexibility index (Phi) is 4.15. The second-order valence-electron chi connectivity index (χ2n) is 5.95. The number of rotatable bonds is 4. The van der Waals surface area contributed by atoms with Crippen molar-refractivity contribution in [2.45, 2.75) is 51.5 Å². The predicted molar refractivity (Wildman–Crippen MR) is 81.3 cm³/mol. The molecule has 2 unspecified atom stereocenters. The number of anilines is 1. The van der Waals surface area contributed by atoms with Gasteiger partial charge < -0.3 is 15.0 Å². The van der Waals surface area contributed by atoms with E-state index in [2.05, 4.69) is 35.1 Å². The van der Waals surface area contributed by atoms with Crippen LogP contribution in [0.5, 0.6) is 0 Å². The maximum Gasteiger partial charge on any atom is 0.129 e. The third-order valence-electron chi connectivity index (χ3n) is 3.82. The van der Waals surface area contributed by atoms with Crippen LogP contribution in [0.25, 0.3) is 0 Å². The van der Waals surface area contributed by atoms with Crippen molar-refractivity contribution in [3.05, 3.63) is 22.8 Å². The molecule has 1 aliphatic heterocycles. The largest absolute Gasteiger partial charge is 0.372 e. The van der Waals surface area contributed by atoms with Crippen molar-refractivity contribution in [2.75, 3.05) is 18.0 Å². The number of nitrogens with one attached hydrogen (secondary N) is 1. The van der Waals surface area contributed by atoms with Gasteiger partial charge in [0.1, 0.15) is 5.82 Å². The van der Waals surface area contributed by atoms with E-state index in [1.807, 2.05) is 0 Å². The van der Waals surface area contributed by atoms with Gasteiger partial charge in [-0.1, -0.05) is 11.6 Å². The highest BCUT2D eigenvalue weighted by atomic mass is 35.5. The highest BCUT2D eigenvalue weighted by Gasteiger charge is 2.24. The Morgan fingerprint density at radius 1 is 1.35 bits per heavy atom. The molecule has 2 fully saturated rings. The van der Waals surface area contributed by atoms with Crippen molar-refractivity contribution in [3.63, 3.8) is 0 Å². The van der Waals surface area contributed by atoms with Crippen LogP contribution in [0.1, 0.15) is 32.3 Å². The molecule has 2 atom stereocenters. The van der Waals surface area contributed by atoms with Crippen molar-refractivity contribution in [2.24, 2.45) is 0 Å². The van der Waals surface area contributed by atoms with E-state index in [0.717, 1.165) is 36.0 Å². The molecule has 1 aromatic heterocycles. The van der Waals surface area contributed by atoms with Crippen LogP contribution in [-0.4, -0.2) is 36.3 Å². The lowest BCUT2D eigenvalue weighted by molar-refractivity contribution is -0.00546. The fourth-order valence-electron chi connectivity index (χ4n) is 2.68. The monoisotopic (exact) mass is 295 g/mol. The van der Waals surface area contributed by atoms with E-state index in [-0.39, 0.29) is 12.2 Å². The molecule has 1 aliphatic carbocycles. The minimum Gasteiger partial charge on any atom is -0.372 e. The van der Waals surface area contributed by atoms with E-state index >= 15 is 0 Å². The number of halogens is 1. The quantitative estimate of drug-likeness (QED) is 0.926. The molecule has 5 heteroatoms. The smallest absolute Gasteiger partial charge is 0.129 e. The third-order valence-corrected chi connectivity index (χ3v) is 4.16. The number of ether oxygens (including phenoxy) is 1. The Morgan fingerprint density at radius 3 is 2.70 bits per heavy atom. The van der Waals surface area contributed by atoms with Crippen LogP contribution in [0.15, 0.2) is 12.3 Å². The molecule has 0 aromatic carbocycles. The summed E-state index contributed by atoms with van der Waals surface area (Å²) in [6.07, 6.45) is 4.82. The molecule has 20 heavy (non-hydrogen) atoms. The van der Waals surface area contributed by atoms with Gasteiger partial charge in [0.15, 0.2) is 0 Å². The van der Waals surface area contributed by atoms with E-state index in [1.54, 1.807) is 6.20 Å². The summed E-state index contributed by atoms with van der Waals surface area (Å²) in [4.78, 5) is 6.77. The lowest BCUT2D eigenvalue weighted by Crippen LogP contribution is -2.45. The van der Waals surface area contributed by atoms with Gasteiger partial charge in [0.2, 0.25) is 0 Å². The molecular weight excluding hydrogens is 274 g/mol. The molecule has 0 amide bonds. The van der Waals surface area contributed by atoms with Gasteiger partial charge in [-0.2, -0.15) is 0 Å². The van der Waals surface area contributed by atoms with Crippen LogP contribution in [0.4, 0.5) is 5.82 Å². The molecule has 2 aliphatic rings. The van der Waals surface area contributed by atoms with Gasteiger partial charge in [-0.15, -0.1) is 0 Å². The van der Waals surface area contributed by atoms with Crippen LogP contribution >= 0.6 is 11.6 Å². The first-order valence-electron chi connectivity index (χ1n) is 7.40. The van der Waals surface area contributed by atoms with E-state index in [4.69, 9.17) is 16.3 Å². The number of hydrogen-bond acceptors (Lipinski definition) is 4. The molecule has 0 radical (unpaired) electrons. The van der Waals surface area contributed by atoms with Gasteiger partial charge in [0.25, 0.3) is 0 Å². The molecule has 3 rings (SSSR count). The minimum absolute atomic E-state index is 0.240. The normalized spacial score (nSPS) is 26.9. The molecule has 2 heterocycles. The zero-order chi connectivity index (χ0) is 14.1. The lowest BCUT2D eigenvalue weighted by atomic mass is 10.2. The van der Waals surface area contributed by atoms with E-state index in [1.165, 1.54) is 12.8 Å². The zero-order valence-corrected chi connectivity index (χ0v) is 12.9. The summed E-state index contributed by atoms with van der Waals surface area (Å²) in [5, 5.41) is 4.25. The van der Waals surface area contributed by atoms with Crippen molar-refractivity contribution in [3.8, 4) is 0 Å². The molecule has 0 bridgehead atoms. The average Bonchev–Trinajstić information content (AvgIpc) is 3.20. The minimum atomic E-state index is 0.240. The van der Waals surface area contributed by atoms with Crippen LogP contribution in [0.2, 0.25) is 5.02 Å². The molecular formula is C15H22ClN3O. The molecule has 110 valence electrons. The fraction of sp³-hybridized carbons (Fsp3) is 0.667. The molecule has 1 saturated carbocycles. The Bertz CT molecular complexity index is 468. The van der Waals surface area contributed by atoms with Crippen molar-refractivity contribution >= 4 is 17.4 Å². The highest BCUT2D eigenvalue weighted by Crippen LogP contribution is 2.25. The summed E-state index contributed by atoms with van der Waals surface area (Å²) in [5.74, 6) is 1.00. The zero-order valence-electron chi connectivity index (χ0n) is 12.1. The summed E-state index contributed by atoms with van der Waals surface area (Å²) in [5.41, 5.74) is 1.13. The first kappa shape index (κ1) is 14.1. The van der Waals surface area contributed by atoms with E-state index in [9.17, 15) is 0 Å². The molecule has 1 saturated heterocycles. The number of pyridine rings is 1. The number of hydrogen-bond donors (Lipinski definition) is 1. The van der Waals surface area contributed by atoms with Gasteiger partial charge >= 0.3 is 0 Å². The molecule has 1 aromatic rings. The lowest BCUT2D eigenvalue weighted by Gasteiger charge is -2.36. The standard InChI is InChI=1S/C15H22ClN3O/c1-10-8-19(9-11(2)20-10)15-5-12(14(16)7-18-15)6-17-13-3-4-13/h5,7,10-11,13,17H,3-4,6,8-9H2,1-2H3. The summed E-state index contributed by atoms with van der Waals surface area (Å²) in [7, 11) is 0. The third kappa shape index (κ3) is 3.43. The van der Waals surface area contributed by atoms with Crippen molar-refractivity contribution in [1.82, 2.24) is 10.3 Å². The van der Waals surface area contributed by atoms with Gasteiger partial charge in [0.05, 0.1) is 17.2 Å². The first-order chi connectivity index (χ1) is 9.61. The number of aromatic nitrogens is 1. The van der Waals surface area contributed by atoms with Crippen LogP contribution in [0.3, 0.4) is 0 Å². The molecule has 4 nitrogen and oxygen atoms in total. The Morgan fingerprint density at radius 2 is 2.05 bits per heavy atom. The van der Waals surface area contributed by atoms with Crippen LogP contribution < -0.4 is 10.2 Å². The number of morpholine rings is 1. The van der Waals surface area contributed by atoms with Gasteiger partial charge in [-0.05, 0) is 38.3 Å². The maximum atomic E-state index is 6.25.